The average molecular weight is 218 g/mol. The standard InChI is InChI=1S/C10H22N2OS/c1-9(2)12(3)7-4-6-11-10(13)5-8-14/h9,14H,4-8H2,1-3H3,(H,11,13). The van der Waals surface area contributed by atoms with Crippen LogP contribution in [0, 0.1) is 0 Å². The molecular weight excluding hydrogens is 196 g/mol. The number of carbonyl (C=O) groups excluding carboxylic acids is 1. The van der Waals surface area contributed by atoms with Crippen molar-refractivity contribution in [2.24, 2.45) is 0 Å². The Morgan fingerprint density at radius 2 is 2.14 bits per heavy atom. The van der Waals surface area contributed by atoms with Gasteiger partial charge in [-0.05, 0) is 39.6 Å². The maximum absolute atomic E-state index is 11.0. The van der Waals surface area contributed by atoms with Crippen molar-refractivity contribution >= 4 is 18.5 Å². The second-order valence-electron chi connectivity index (χ2n) is 3.75. The molecule has 0 spiro atoms. The minimum atomic E-state index is 0.104. The molecule has 1 N–H and O–H groups in total. The van der Waals surface area contributed by atoms with E-state index in [1.807, 2.05) is 0 Å². The molecule has 0 radical (unpaired) electrons. The molecule has 0 bridgehead atoms. The Balaban J connectivity index is 3.33. The number of thiol groups is 1. The zero-order valence-electron chi connectivity index (χ0n) is 9.42. The highest BCUT2D eigenvalue weighted by molar-refractivity contribution is 7.80. The molecule has 0 saturated carbocycles. The number of carbonyl (C=O) groups is 1. The van der Waals surface area contributed by atoms with Crippen LogP contribution in [0.4, 0.5) is 0 Å². The number of nitrogens with one attached hydrogen (secondary N) is 1. The first-order chi connectivity index (χ1) is 6.57. The zero-order valence-corrected chi connectivity index (χ0v) is 10.3. The summed E-state index contributed by atoms with van der Waals surface area (Å²) in [7, 11) is 2.10. The Morgan fingerprint density at radius 3 is 2.64 bits per heavy atom. The highest BCUT2D eigenvalue weighted by Gasteiger charge is 2.02. The molecule has 0 rings (SSSR count). The van der Waals surface area contributed by atoms with Crippen molar-refractivity contribution in [3.05, 3.63) is 0 Å². The minimum Gasteiger partial charge on any atom is -0.356 e. The summed E-state index contributed by atoms with van der Waals surface area (Å²) in [6.07, 6.45) is 1.52. The third-order valence-electron chi connectivity index (χ3n) is 2.23. The lowest BCUT2D eigenvalue weighted by Gasteiger charge is -2.20. The fraction of sp³-hybridized carbons (Fsp3) is 0.900. The van der Waals surface area contributed by atoms with Crippen molar-refractivity contribution in [2.45, 2.75) is 32.7 Å². The summed E-state index contributed by atoms with van der Waals surface area (Å²) in [6, 6.07) is 0.572. The van der Waals surface area contributed by atoms with Gasteiger partial charge in [0.15, 0.2) is 0 Å². The second kappa shape index (κ2) is 8.12. The third kappa shape index (κ3) is 7.21. The molecule has 4 heteroatoms. The number of amides is 1. The van der Waals surface area contributed by atoms with Crippen molar-refractivity contribution in [1.82, 2.24) is 10.2 Å². The van der Waals surface area contributed by atoms with Crippen LogP contribution in [-0.2, 0) is 4.79 Å². The molecule has 0 aliphatic rings. The van der Waals surface area contributed by atoms with Crippen LogP contribution in [0.3, 0.4) is 0 Å². The normalized spacial score (nSPS) is 11.0. The molecule has 0 heterocycles. The van der Waals surface area contributed by atoms with Gasteiger partial charge < -0.3 is 10.2 Å². The zero-order chi connectivity index (χ0) is 11.0. The van der Waals surface area contributed by atoms with Crippen molar-refractivity contribution in [3.63, 3.8) is 0 Å². The number of rotatable bonds is 7. The Kier molecular flexibility index (Phi) is 7.99. The van der Waals surface area contributed by atoms with E-state index < -0.39 is 0 Å². The summed E-state index contributed by atoms with van der Waals surface area (Å²) in [5, 5.41) is 2.86. The average Bonchev–Trinajstić information content (AvgIpc) is 2.12. The summed E-state index contributed by atoms with van der Waals surface area (Å²) >= 11 is 4.00. The fourth-order valence-corrected chi connectivity index (χ4v) is 1.21. The largest absolute Gasteiger partial charge is 0.356 e. The van der Waals surface area contributed by atoms with Gasteiger partial charge in [-0.25, -0.2) is 0 Å². The van der Waals surface area contributed by atoms with Gasteiger partial charge in [-0.15, -0.1) is 0 Å². The van der Waals surface area contributed by atoms with Gasteiger partial charge in [0, 0.05) is 19.0 Å². The second-order valence-corrected chi connectivity index (χ2v) is 4.20. The van der Waals surface area contributed by atoms with Crippen LogP contribution in [0.25, 0.3) is 0 Å². The fourth-order valence-electron chi connectivity index (χ4n) is 1.00. The van der Waals surface area contributed by atoms with Gasteiger partial charge in [0.05, 0.1) is 0 Å². The minimum absolute atomic E-state index is 0.104. The van der Waals surface area contributed by atoms with Gasteiger partial charge >= 0.3 is 0 Å². The van der Waals surface area contributed by atoms with E-state index in [1.54, 1.807) is 0 Å². The molecule has 0 unspecified atom stereocenters. The van der Waals surface area contributed by atoms with E-state index in [0.717, 1.165) is 19.5 Å². The number of hydrogen-bond acceptors (Lipinski definition) is 3. The quantitative estimate of drug-likeness (QED) is 0.496. The molecule has 1 amide bonds. The van der Waals surface area contributed by atoms with Gasteiger partial charge in [-0.3, -0.25) is 4.79 Å². The van der Waals surface area contributed by atoms with Crippen molar-refractivity contribution in [2.75, 3.05) is 25.9 Å². The van der Waals surface area contributed by atoms with Gasteiger partial charge in [0.25, 0.3) is 0 Å². The highest BCUT2D eigenvalue weighted by atomic mass is 32.1. The van der Waals surface area contributed by atoms with E-state index in [-0.39, 0.29) is 5.91 Å². The van der Waals surface area contributed by atoms with Gasteiger partial charge in [-0.1, -0.05) is 0 Å². The smallest absolute Gasteiger partial charge is 0.220 e. The molecule has 0 saturated heterocycles. The Hall–Kier alpha value is -0.220. The first-order valence-electron chi connectivity index (χ1n) is 5.15. The van der Waals surface area contributed by atoms with Crippen molar-refractivity contribution in [3.8, 4) is 0 Å². The first-order valence-corrected chi connectivity index (χ1v) is 5.79. The topological polar surface area (TPSA) is 32.3 Å². The molecule has 0 aromatic carbocycles. The number of nitrogens with zero attached hydrogens (tertiary/aromatic N) is 1. The maximum atomic E-state index is 11.0. The summed E-state index contributed by atoms with van der Waals surface area (Å²) in [5.41, 5.74) is 0. The Bertz CT molecular complexity index is 162. The monoisotopic (exact) mass is 218 g/mol. The van der Waals surface area contributed by atoms with Crippen LogP contribution in [-0.4, -0.2) is 42.7 Å². The summed E-state index contributed by atoms with van der Waals surface area (Å²) < 4.78 is 0. The van der Waals surface area contributed by atoms with E-state index in [9.17, 15) is 4.79 Å². The summed E-state index contributed by atoms with van der Waals surface area (Å²) in [4.78, 5) is 13.3. The molecule has 0 aromatic heterocycles. The Labute approximate surface area is 92.7 Å². The molecule has 3 nitrogen and oxygen atoms in total. The van der Waals surface area contributed by atoms with Crippen LogP contribution in [0.15, 0.2) is 0 Å². The van der Waals surface area contributed by atoms with Crippen molar-refractivity contribution in [1.29, 1.82) is 0 Å². The number of hydrogen-bond donors (Lipinski definition) is 2. The molecule has 84 valence electrons. The van der Waals surface area contributed by atoms with Crippen LogP contribution >= 0.6 is 12.6 Å². The lowest BCUT2D eigenvalue weighted by atomic mass is 10.3. The van der Waals surface area contributed by atoms with Gasteiger partial charge in [0.2, 0.25) is 5.91 Å². The molecule has 0 aliphatic carbocycles. The lowest BCUT2D eigenvalue weighted by molar-refractivity contribution is -0.120. The molecule has 14 heavy (non-hydrogen) atoms. The maximum Gasteiger partial charge on any atom is 0.220 e. The molecule has 0 aromatic rings. The van der Waals surface area contributed by atoms with Gasteiger partial charge in [-0.2, -0.15) is 12.6 Å². The van der Waals surface area contributed by atoms with Gasteiger partial charge in [0.1, 0.15) is 0 Å². The third-order valence-corrected chi connectivity index (χ3v) is 2.45. The Morgan fingerprint density at radius 1 is 1.50 bits per heavy atom. The first kappa shape index (κ1) is 13.8. The molecular formula is C10H22N2OS. The van der Waals surface area contributed by atoms with E-state index in [4.69, 9.17) is 0 Å². The SMILES string of the molecule is CC(C)N(C)CCCNC(=O)CCS. The molecule has 0 aliphatic heterocycles. The van der Waals surface area contributed by atoms with E-state index in [1.165, 1.54) is 0 Å². The highest BCUT2D eigenvalue weighted by Crippen LogP contribution is 1.94. The van der Waals surface area contributed by atoms with Crippen molar-refractivity contribution < 1.29 is 4.79 Å². The molecule has 0 atom stereocenters. The predicted molar refractivity (Wildman–Crippen MR) is 63.9 cm³/mol. The van der Waals surface area contributed by atoms with E-state index >= 15 is 0 Å². The molecule has 0 fully saturated rings. The lowest BCUT2D eigenvalue weighted by Crippen LogP contribution is -2.31. The predicted octanol–water partition coefficient (Wildman–Crippen LogP) is 1.15. The van der Waals surface area contributed by atoms with Crippen LogP contribution in [0.2, 0.25) is 0 Å². The van der Waals surface area contributed by atoms with Crippen LogP contribution in [0.1, 0.15) is 26.7 Å². The summed E-state index contributed by atoms with van der Waals surface area (Å²) in [6.45, 7) is 6.13. The summed E-state index contributed by atoms with van der Waals surface area (Å²) in [5.74, 6) is 0.727. The van der Waals surface area contributed by atoms with E-state index in [2.05, 4.69) is 43.7 Å². The van der Waals surface area contributed by atoms with E-state index in [0.29, 0.717) is 18.2 Å². The van der Waals surface area contributed by atoms with Crippen LogP contribution in [0.5, 0.6) is 0 Å². The van der Waals surface area contributed by atoms with Crippen LogP contribution < -0.4 is 5.32 Å².